The molecule has 9 heteroatoms. The number of ether oxygens (including phenoxy) is 1. The monoisotopic (exact) mass is 360 g/mol. The quantitative estimate of drug-likeness (QED) is 0.877. The first-order valence-electron chi connectivity index (χ1n) is 6.45. The predicted octanol–water partition coefficient (Wildman–Crippen LogP) is 2.21. The molecule has 0 aliphatic carbocycles. The van der Waals surface area contributed by atoms with Crippen LogP contribution in [-0.4, -0.2) is 41.9 Å². The summed E-state index contributed by atoms with van der Waals surface area (Å²) in [5.41, 5.74) is 0.799. The lowest BCUT2D eigenvalue weighted by atomic mass is 10.2. The molecular formula is C13H14Cl2N4O2S. The summed E-state index contributed by atoms with van der Waals surface area (Å²) in [6.07, 6.45) is -0.494. The number of halogens is 2. The molecule has 2 aromatic rings. The number of anilines is 1. The smallest absolute Gasteiger partial charge is 0.256 e. The van der Waals surface area contributed by atoms with E-state index in [1.165, 1.54) is 11.3 Å². The third-order valence-electron chi connectivity index (χ3n) is 2.98. The Morgan fingerprint density at radius 3 is 2.95 bits per heavy atom. The number of benzene rings is 1. The molecule has 1 atom stereocenters. The first-order valence-corrected chi connectivity index (χ1v) is 7.65. The van der Waals surface area contributed by atoms with E-state index in [0.29, 0.717) is 28.3 Å². The van der Waals surface area contributed by atoms with Gasteiger partial charge in [-0.2, -0.15) is 0 Å². The Labute approximate surface area is 142 Å². The van der Waals surface area contributed by atoms with Crippen LogP contribution in [0.1, 0.15) is 0 Å². The van der Waals surface area contributed by atoms with Gasteiger partial charge in [0.05, 0.1) is 11.6 Å². The zero-order chi connectivity index (χ0) is 14.7. The van der Waals surface area contributed by atoms with Crippen molar-refractivity contribution in [1.29, 1.82) is 0 Å². The number of carbonyl (C=O) groups is 1. The van der Waals surface area contributed by atoms with Gasteiger partial charge in [-0.1, -0.05) is 41.1 Å². The highest BCUT2D eigenvalue weighted by Gasteiger charge is 2.23. The van der Waals surface area contributed by atoms with Gasteiger partial charge in [-0.05, 0) is 6.07 Å². The van der Waals surface area contributed by atoms with E-state index >= 15 is 0 Å². The number of rotatable bonds is 3. The fourth-order valence-electron chi connectivity index (χ4n) is 1.94. The van der Waals surface area contributed by atoms with Crippen LogP contribution < -0.4 is 10.6 Å². The van der Waals surface area contributed by atoms with Crippen LogP contribution in [0, 0.1) is 0 Å². The highest BCUT2D eigenvalue weighted by Crippen LogP contribution is 2.31. The number of amides is 1. The molecule has 0 radical (unpaired) electrons. The second-order valence-electron chi connectivity index (χ2n) is 4.45. The van der Waals surface area contributed by atoms with Crippen LogP contribution in [0.2, 0.25) is 5.02 Å². The molecule has 22 heavy (non-hydrogen) atoms. The SMILES string of the molecule is Cl.O=C(Nc1nnc(-c2ccccc2Cl)s1)C1CNCCO1. The maximum atomic E-state index is 12.0. The van der Waals surface area contributed by atoms with E-state index in [-0.39, 0.29) is 18.3 Å². The van der Waals surface area contributed by atoms with Crippen molar-refractivity contribution in [3.05, 3.63) is 29.3 Å². The summed E-state index contributed by atoms with van der Waals surface area (Å²) in [4.78, 5) is 12.0. The summed E-state index contributed by atoms with van der Waals surface area (Å²) < 4.78 is 5.38. The van der Waals surface area contributed by atoms with Gasteiger partial charge in [0.25, 0.3) is 5.91 Å². The lowest BCUT2D eigenvalue weighted by Crippen LogP contribution is -2.45. The number of aromatic nitrogens is 2. The lowest BCUT2D eigenvalue weighted by molar-refractivity contribution is -0.128. The molecule has 0 spiro atoms. The third kappa shape index (κ3) is 3.93. The molecule has 1 aliphatic rings. The fraction of sp³-hybridized carbons (Fsp3) is 0.308. The van der Waals surface area contributed by atoms with Crippen LogP contribution in [0.15, 0.2) is 24.3 Å². The van der Waals surface area contributed by atoms with Gasteiger partial charge in [-0.15, -0.1) is 22.6 Å². The average Bonchev–Trinajstić information content (AvgIpc) is 2.97. The van der Waals surface area contributed by atoms with Crippen LogP contribution in [0.3, 0.4) is 0 Å². The van der Waals surface area contributed by atoms with Gasteiger partial charge in [-0.25, -0.2) is 0 Å². The van der Waals surface area contributed by atoms with Crippen molar-refractivity contribution in [2.24, 2.45) is 0 Å². The minimum absolute atomic E-state index is 0. The van der Waals surface area contributed by atoms with Crippen molar-refractivity contribution >= 4 is 46.4 Å². The molecule has 2 heterocycles. The van der Waals surface area contributed by atoms with Crippen molar-refractivity contribution in [2.45, 2.75) is 6.10 Å². The fourth-order valence-corrected chi connectivity index (χ4v) is 3.00. The molecule has 0 bridgehead atoms. The first-order chi connectivity index (χ1) is 10.2. The van der Waals surface area contributed by atoms with Gasteiger partial charge in [-0.3, -0.25) is 10.1 Å². The van der Waals surface area contributed by atoms with E-state index in [1.807, 2.05) is 18.2 Å². The summed E-state index contributed by atoms with van der Waals surface area (Å²) in [5, 5.41) is 15.6. The number of nitrogens with zero attached hydrogens (tertiary/aromatic N) is 2. The van der Waals surface area contributed by atoms with Crippen LogP contribution >= 0.6 is 35.3 Å². The highest BCUT2D eigenvalue weighted by molar-refractivity contribution is 7.18. The molecule has 1 aromatic heterocycles. The summed E-state index contributed by atoms with van der Waals surface area (Å²) in [5.74, 6) is -0.218. The molecule has 1 unspecified atom stereocenters. The second kappa shape index (κ2) is 7.85. The molecule has 1 amide bonds. The van der Waals surface area contributed by atoms with E-state index in [0.717, 1.165) is 12.1 Å². The van der Waals surface area contributed by atoms with Crippen LogP contribution in [0.25, 0.3) is 10.6 Å². The number of nitrogens with one attached hydrogen (secondary N) is 2. The largest absolute Gasteiger partial charge is 0.366 e. The second-order valence-corrected chi connectivity index (χ2v) is 5.83. The van der Waals surface area contributed by atoms with Crippen molar-refractivity contribution in [1.82, 2.24) is 15.5 Å². The Morgan fingerprint density at radius 1 is 1.41 bits per heavy atom. The molecule has 3 rings (SSSR count). The minimum Gasteiger partial charge on any atom is -0.366 e. The van der Waals surface area contributed by atoms with Crippen molar-refractivity contribution < 1.29 is 9.53 Å². The van der Waals surface area contributed by atoms with Gasteiger partial charge in [0.1, 0.15) is 6.10 Å². The van der Waals surface area contributed by atoms with E-state index in [4.69, 9.17) is 16.3 Å². The first kappa shape index (κ1) is 17.1. The molecular weight excluding hydrogens is 347 g/mol. The standard InChI is InChI=1S/C13H13ClN4O2S.ClH/c14-9-4-2-1-3-8(9)12-17-18-13(21-12)16-11(19)10-7-15-5-6-20-10;/h1-4,10,15H,5-7H2,(H,16,18,19);1H. The van der Waals surface area contributed by atoms with E-state index in [2.05, 4.69) is 20.8 Å². The van der Waals surface area contributed by atoms with Crippen LogP contribution in [-0.2, 0) is 9.53 Å². The predicted molar refractivity (Wildman–Crippen MR) is 88.8 cm³/mol. The molecule has 1 aliphatic heterocycles. The highest BCUT2D eigenvalue weighted by atomic mass is 35.5. The molecule has 118 valence electrons. The summed E-state index contributed by atoms with van der Waals surface area (Å²) >= 11 is 7.40. The van der Waals surface area contributed by atoms with Gasteiger partial charge in [0, 0.05) is 18.7 Å². The Balaban J connectivity index is 0.00000176. The zero-order valence-electron chi connectivity index (χ0n) is 11.4. The molecule has 2 N–H and O–H groups in total. The average molecular weight is 361 g/mol. The molecule has 1 aromatic carbocycles. The van der Waals surface area contributed by atoms with E-state index in [1.54, 1.807) is 6.07 Å². The normalized spacial score (nSPS) is 17.6. The summed E-state index contributed by atoms with van der Waals surface area (Å²) in [6.45, 7) is 1.79. The Kier molecular flexibility index (Phi) is 6.10. The lowest BCUT2D eigenvalue weighted by Gasteiger charge is -2.21. The van der Waals surface area contributed by atoms with Crippen LogP contribution in [0.4, 0.5) is 5.13 Å². The molecule has 0 saturated carbocycles. The van der Waals surface area contributed by atoms with Gasteiger partial charge in [0.2, 0.25) is 5.13 Å². The van der Waals surface area contributed by atoms with Crippen molar-refractivity contribution in [2.75, 3.05) is 25.0 Å². The number of hydrogen-bond acceptors (Lipinski definition) is 6. The number of hydrogen-bond donors (Lipinski definition) is 2. The Morgan fingerprint density at radius 2 is 2.23 bits per heavy atom. The topological polar surface area (TPSA) is 76.1 Å². The Hall–Kier alpha value is -1.25. The molecule has 1 saturated heterocycles. The summed E-state index contributed by atoms with van der Waals surface area (Å²) in [6, 6.07) is 7.38. The van der Waals surface area contributed by atoms with Crippen LogP contribution in [0.5, 0.6) is 0 Å². The Bertz CT molecular complexity index is 646. The van der Waals surface area contributed by atoms with E-state index < -0.39 is 6.10 Å². The minimum atomic E-state index is -0.494. The van der Waals surface area contributed by atoms with Gasteiger partial charge in [0.15, 0.2) is 5.01 Å². The zero-order valence-corrected chi connectivity index (χ0v) is 13.8. The van der Waals surface area contributed by atoms with Gasteiger partial charge >= 0.3 is 0 Å². The molecule has 1 fully saturated rings. The summed E-state index contributed by atoms with van der Waals surface area (Å²) in [7, 11) is 0. The third-order valence-corrected chi connectivity index (χ3v) is 4.18. The maximum Gasteiger partial charge on any atom is 0.256 e. The maximum absolute atomic E-state index is 12.0. The number of morpholine rings is 1. The van der Waals surface area contributed by atoms with Gasteiger partial charge < -0.3 is 10.1 Å². The number of carbonyl (C=O) groups excluding carboxylic acids is 1. The van der Waals surface area contributed by atoms with Crippen molar-refractivity contribution in [3.63, 3.8) is 0 Å². The molecule has 6 nitrogen and oxygen atoms in total. The van der Waals surface area contributed by atoms with E-state index in [9.17, 15) is 4.79 Å². The van der Waals surface area contributed by atoms with Crippen molar-refractivity contribution in [3.8, 4) is 10.6 Å².